The first-order chi connectivity index (χ1) is 28.5. The van der Waals surface area contributed by atoms with Crippen LogP contribution in [0, 0.1) is 0 Å². The minimum Gasteiger partial charge on any atom is -0.462 e. The Morgan fingerprint density at radius 2 is 0.672 bits per heavy atom. The molecule has 0 aliphatic carbocycles. The van der Waals surface area contributed by atoms with E-state index in [4.69, 9.17) is 14.2 Å². The fourth-order valence-corrected chi connectivity index (χ4v) is 6.60. The van der Waals surface area contributed by atoms with E-state index in [9.17, 15) is 14.4 Å². The average Bonchev–Trinajstić information content (AvgIpc) is 3.22. The van der Waals surface area contributed by atoms with Gasteiger partial charge >= 0.3 is 17.9 Å². The van der Waals surface area contributed by atoms with Crippen LogP contribution in [0.4, 0.5) is 0 Å². The van der Waals surface area contributed by atoms with E-state index in [0.29, 0.717) is 19.3 Å². The molecule has 1 atom stereocenters. The van der Waals surface area contributed by atoms with E-state index < -0.39 is 6.10 Å². The van der Waals surface area contributed by atoms with Crippen LogP contribution in [0.2, 0.25) is 0 Å². The summed E-state index contributed by atoms with van der Waals surface area (Å²) in [6.07, 6.45) is 56.4. The molecule has 0 saturated heterocycles. The van der Waals surface area contributed by atoms with Crippen molar-refractivity contribution in [1.82, 2.24) is 0 Å². The third kappa shape index (κ3) is 44.2. The fourth-order valence-electron chi connectivity index (χ4n) is 6.60. The molecule has 0 rings (SSSR count). The summed E-state index contributed by atoms with van der Waals surface area (Å²) in [6, 6.07) is 0. The first-order valence-electron chi connectivity index (χ1n) is 24.3. The smallest absolute Gasteiger partial charge is 0.306 e. The van der Waals surface area contributed by atoms with Crippen LogP contribution < -0.4 is 0 Å². The van der Waals surface area contributed by atoms with Crippen LogP contribution in [0.5, 0.6) is 0 Å². The van der Waals surface area contributed by atoms with Crippen molar-refractivity contribution in [1.29, 1.82) is 0 Å². The van der Waals surface area contributed by atoms with Gasteiger partial charge in [0, 0.05) is 19.3 Å². The van der Waals surface area contributed by atoms with Gasteiger partial charge in [0.05, 0.1) is 0 Å². The third-order valence-corrected chi connectivity index (χ3v) is 10.3. The Balaban J connectivity index is 4.32. The fraction of sp³-hybridized carbons (Fsp3) is 0.750. The van der Waals surface area contributed by atoms with Crippen LogP contribution in [0.25, 0.3) is 0 Å². The largest absolute Gasteiger partial charge is 0.462 e. The molecule has 0 fully saturated rings. The maximum atomic E-state index is 12.7. The molecule has 0 radical (unpaired) electrons. The summed E-state index contributed by atoms with van der Waals surface area (Å²) in [5.41, 5.74) is 0. The lowest BCUT2D eigenvalue weighted by atomic mass is 10.1. The molecule has 0 spiro atoms. The lowest BCUT2D eigenvalue weighted by Gasteiger charge is -2.18. The summed E-state index contributed by atoms with van der Waals surface area (Å²) in [6.45, 7) is 6.44. The standard InChI is InChI=1S/C52H90O6/c1-4-7-10-13-16-18-20-22-24-26-28-29-31-33-36-39-42-45-51(54)57-48-49(47-56-50(53)44-41-38-35-15-12-9-6-3)58-52(55)46-43-40-37-34-32-30-27-25-23-21-19-17-14-11-8-5-2/h7,10,16,18-19,21-22,24-25,27,49H,4-6,8-9,11-15,17,20,23,26,28-48H2,1-3H3/b10-7-,18-16-,21-19-,24-22-,27-25-. The summed E-state index contributed by atoms with van der Waals surface area (Å²) in [4.78, 5) is 37.7. The molecule has 0 aromatic rings. The molecule has 334 valence electrons. The molecule has 0 saturated carbocycles. The van der Waals surface area contributed by atoms with Crippen LogP contribution in [0.15, 0.2) is 60.8 Å². The van der Waals surface area contributed by atoms with Crippen LogP contribution in [-0.4, -0.2) is 37.2 Å². The van der Waals surface area contributed by atoms with E-state index >= 15 is 0 Å². The highest BCUT2D eigenvalue weighted by molar-refractivity contribution is 5.71. The molecule has 0 aromatic carbocycles. The lowest BCUT2D eigenvalue weighted by molar-refractivity contribution is -0.167. The molecule has 6 nitrogen and oxygen atoms in total. The Kier molecular flexibility index (Phi) is 44.5. The van der Waals surface area contributed by atoms with Crippen LogP contribution in [0.3, 0.4) is 0 Å². The maximum Gasteiger partial charge on any atom is 0.306 e. The van der Waals surface area contributed by atoms with Gasteiger partial charge in [-0.25, -0.2) is 0 Å². The molecule has 0 N–H and O–H groups in total. The van der Waals surface area contributed by atoms with E-state index in [-0.39, 0.29) is 31.1 Å². The lowest BCUT2D eigenvalue weighted by Crippen LogP contribution is -2.30. The zero-order valence-electron chi connectivity index (χ0n) is 38.0. The number of carbonyl (C=O) groups is 3. The summed E-state index contributed by atoms with van der Waals surface area (Å²) in [5, 5.41) is 0. The monoisotopic (exact) mass is 811 g/mol. The number of esters is 3. The van der Waals surface area contributed by atoms with Crippen molar-refractivity contribution in [2.24, 2.45) is 0 Å². The van der Waals surface area contributed by atoms with Gasteiger partial charge in [-0.1, -0.05) is 191 Å². The Morgan fingerprint density at radius 3 is 1.07 bits per heavy atom. The summed E-state index contributed by atoms with van der Waals surface area (Å²) in [5.74, 6) is -0.913. The Morgan fingerprint density at radius 1 is 0.362 bits per heavy atom. The minimum absolute atomic E-state index is 0.0829. The summed E-state index contributed by atoms with van der Waals surface area (Å²) >= 11 is 0. The van der Waals surface area contributed by atoms with Gasteiger partial charge in [0.1, 0.15) is 13.2 Å². The van der Waals surface area contributed by atoms with Crippen molar-refractivity contribution in [3.8, 4) is 0 Å². The van der Waals surface area contributed by atoms with Gasteiger partial charge in [-0.05, 0) is 83.5 Å². The number of ether oxygens (including phenoxy) is 3. The number of allylic oxidation sites excluding steroid dienone is 10. The van der Waals surface area contributed by atoms with E-state index in [1.165, 1.54) is 83.5 Å². The normalized spacial score (nSPS) is 12.5. The highest BCUT2D eigenvalue weighted by Gasteiger charge is 2.19. The van der Waals surface area contributed by atoms with Gasteiger partial charge < -0.3 is 14.2 Å². The number of hydrogen-bond donors (Lipinski definition) is 0. The SMILES string of the molecule is CC/C=C\C/C=C\C/C=C\CCCCCCCCCC(=O)OCC(COC(=O)CCCCCCCCC)OC(=O)CCCCCCC/C=C\C/C=C\CCCCCC. The van der Waals surface area contributed by atoms with Crippen molar-refractivity contribution in [3.05, 3.63) is 60.8 Å². The quantitative estimate of drug-likeness (QED) is 0.0264. The van der Waals surface area contributed by atoms with E-state index in [1.807, 2.05) is 0 Å². The zero-order valence-corrected chi connectivity index (χ0v) is 38.0. The molecule has 0 aliphatic heterocycles. The van der Waals surface area contributed by atoms with E-state index in [2.05, 4.69) is 81.5 Å². The molecule has 0 heterocycles. The van der Waals surface area contributed by atoms with Gasteiger partial charge in [-0.15, -0.1) is 0 Å². The molecule has 6 heteroatoms. The van der Waals surface area contributed by atoms with Gasteiger partial charge in [-0.3, -0.25) is 14.4 Å². The number of unbranched alkanes of at least 4 members (excludes halogenated alkanes) is 22. The molecule has 0 amide bonds. The molecule has 1 unspecified atom stereocenters. The second kappa shape index (κ2) is 46.8. The number of rotatable bonds is 43. The van der Waals surface area contributed by atoms with Crippen LogP contribution >= 0.6 is 0 Å². The highest BCUT2D eigenvalue weighted by Crippen LogP contribution is 2.14. The molecule has 0 aromatic heterocycles. The first-order valence-corrected chi connectivity index (χ1v) is 24.3. The number of carbonyl (C=O) groups excluding carboxylic acids is 3. The molecular formula is C52H90O6. The van der Waals surface area contributed by atoms with Crippen molar-refractivity contribution in [2.45, 2.75) is 239 Å². The highest BCUT2D eigenvalue weighted by atomic mass is 16.6. The third-order valence-electron chi connectivity index (χ3n) is 10.3. The van der Waals surface area contributed by atoms with Crippen LogP contribution in [0.1, 0.15) is 233 Å². The Bertz CT molecular complexity index is 1070. The maximum absolute atomic E-state index is 12.7. The second-order valence-corrected chi connectivity index (χ2v) is 16.0. The van der Waals surface area contributed by atoms with Crippen molar-refractivity contribution in [3.63, 3.8) is 0 Å². The average molecular weight is 811 g/mol. The van der Waals surface area contributed by atoms with Gasteiger partial charge in [0.25, 0.3) is 0 Å². The van der Waals surface area contributed by atoms with Crippen molar-refractivity contribution >= 4 is 17.9 Å². The summed E-state index contributed by atoms with van der Waals surface area (Å²) in [7, 11) is 0. The molecule has 0 bridgehead atoms. The van der Waals surface area contributed by atoms with Gasteiger partial charge in [0.15, 0.2) is 6.10 Å². The topological polar surface area (TPSA) is 78.9 Å². The van der Waals surface area contributed by atoms with Gasteiger partial charge in [-0.2, -0.15) is 0 Å². The second-order valence-electron chi connectivity index (χ2n) is 16.0. The number of hydrogen-bond acceptors (Lipinski definition) is 6. The summed E-state index contributed by atoms with van der Waals surface area (Å²) < 4.78 is 16.7. The Hall–Kier alpha value is -2.89. The van der Waals surface area contributed by atoms with E-state index in [0.717, 1.165) is 109 Å². The predicted molar refractivity (Wildman–Crippen MR) is 247 cm³/mol. The predicted octanol–water partition coefficient (Wildman–Crippen LogP) is 15.7. The minimum atomic E-state index is -0.781. The molecular weight excluding hydrogens is 721 g/mol. The Labute approximate surface area is 358 Å². The first kappa shape index (κ1) is 55.1. The van der Waals surface area contributed by atoms with Crippen molar-refractivity contribution < 1.29 is 28.6 Å². The van der Waals surface area contributed by atoms with Crippen LogP contribution in [-0.2, 0) is 28.6 Å². The zero-order chi connectivity index (χ0) is 42.3. The van der Waals surface area contributed by atoms with E-state index in [1.54, 1.807) is 0 Å². The van der Waals surface area contributed by atoms with Crippen molar-refractivity contribution in [2.75, 3.05) is 13.2 Å². The molecule has 58 heavy (non-hydrogen) atoms. The van der Waals surface area contributed by atoms with Gasteiger partial charge in [0.2, 0.25) is 0 Å². The molecule has 0 aliphatic rings.